The van der Waals surface area contributed by atoms with Crippen molar-refractivity contribution < 1.29 is 57.4 Å². The largest absolute Gasteiger partial charge is 0.756 e. The van der Waals surface area contributed by atoms with Gasteiger partial charge in [-0.25, -0.2) is 0 Å². The molecule has 57 heavy (non-hydrogen) atoms. The lowest BCUT2D eigenvalue weighted by Gasteiger charge is -2.28. The summed E-state index contributed by atoms with van der Waals surface area (Å²) in [7, 11) is 0.975. The average Bonchev–Trinajstić information content (AvgIpc) is 3.42. The maximum absolute atomic E-state index is 12.8. The first-order valence-electron chi connectivity index (χ1n) is 22.3. The van der Waals surface area contributed by atoms with Gasteiger partial charge in [-0.1, -0.05) is 147 Å². The van der Waals surface area contributed by atoms with Crippen LogP contribution in [0.2, 0.25) is 0 Å². The standard InChI is InChI=1S/C44H82NO11P/c1-6-8-10-11-12-13-14-15-16-17-18-19-20-21-23-28-43(49)53-35-38(36-55-57(51,52)54-33-32-45(3,4)5)56-44(50)29-25-24-27-39-40(42(48)34-41(39)47)31-30-37(46)26-22-9-7-2/h24-25,30-31,37-42,46-48H,6-23,26-29,32-36H2,1-5H3/b25-24-,31-30+/t37-,38-,39+,40-,41+,42-/m1/s1. The molecule has 0 aromatic carbocycles. The normalized spacial score (nSPS) is 20.9. The van der Waals surface area contributed by atoms with Crippen molar-refractivity contribution in [1.82, 2.24) is 0 Å². The van der Waals surface area contributed by atoms with Crippen LogP contribution in [0.25, 0.3) is 0 Å². The molecule has 3 N–H and O–H groups in total. The Hall–Kier alpha value is -1.63. The fourth-order valence-electron chi connectivity index (χ4n) is 6.98. The number of nitrogens with zero attached hydrogens (tertiary/aromatic N) is 1. The second-order valence-electron chi connectivity index (χ2n) is 17.1. The fraction of sp³-hybridized carbons (Fsp3) is 0.864. The van der Waals surface area contributed by atoms with E-state index in [1.807, 2.05) is 21.1 Å². The van der Waals surface area contributed by atoms with Gasteiger partial charge in [0.2, 0.25) is 0 Å². The Morgan fingerprint density at radius 1 is 0.772 bits per heavy atom. The van der Waals surface area contributed by atoms with Crippen LogP contribution in [0.15, 0.2) is 24.3 Å². The Morgan fingerprint density at radius 3 is 1.91 bits per heavy atom. The van der Waals surface area contributed by atoms with Crippen molar-refractivity contribution in [2.45, 2.75) is 186 Å². The first kappa shape index (κ1) is 53.4. The highest BCUT2D eigenvalue weighted by atomic mass is 31.2. The number of aliphatic hydroxyl groups excluding tert-OH is 3. The fourth-order valence-corrected chi connectivity index (χ4v) is 7.71. The molecule has 0 aromatic heterocycles. The summed E-state index contributed by atoms with van der Waals surface area (Å²) < 4.78 is 33.8. The van der Waals surface area contributed by atoms with E-state index in [4.69, 9.17) is 18.5 Å². The molecule has 0 aliphatic heterocycles. The summed E-state index contributed by atoms with van der Waals surface area (Å²) in [5.74, 6) is -1.76. The van der Waals surface area contributed by atoms with E-state index in [0.717, 1.165) is 38.5 Å². The molecule has 334 valence electrons. The van der Waals surface area contributed by atoms with Gasteiger partial charge in [0.15, 0.2) is 6.10 Å². The van der Waals surface area contributed by atoms with Gasteiger partial charge in [-0.3, -0.25) is 14.2 Å². The van der Waals surface area contributed by atoms with Crippen LogP contribution in [0.5, 0.6) is 0 Å². The Kier molecular flexibility index (Phi) is 30.1. The highest BCUT2D eigenvalue weighted by molar-refractivity contribution is 7.45. The maximum atomic E-state index is 12.8. The lowest BCUT2D eigenvalue weighted by molar-refractivity contribution is -0.870. The van der Waals surface area contributed by atoms with Crippen molar-refractivity contribution in [1.29, 1.82) is 0 Å². The Morgan fingerprint density at radius 2 is 1.33 bits per heavy atom. The Balaban J connectivity index is 2.55. The number of rotatable bonds is 36. The number of carbonyl (C=O) groups excluding carboxylic acids is 2. The molecule has 1 saturated carbocycles. The molecule has 1 unspecified atom stereocenters. The number of phosphoric acid groups is 1. The van der Waals surface area contributed by atoms with Crippen LogP contribution < -0.4 is 4.89 Å². The molecule has 0 radical (unpaired) electrons. The second-order valence-corrected chi connectivity index (χ2v) is 18.5. The molecular weight excluding hydrogens is 749 g/mol. The summed E-state index contributed by atoms with van der Waals surface area (Å²) in [4.78, 5) is 37.8. The number of ether oxygens (including phenoxy) is 2. The lowest BCUT2D eigenvalue weighted by Crippen LogP contribution is -2.37. The van der Waals surface area contributed by atoms with E-state index >= 15 is 0 Å². The van der Waals surface area contributed by atoms with Crippen molar-refractivity contribution >= 4 is 19.8 Å². The van der Waals surface area contributed by atoms with Gasteiger partial charge in [0.1, 0.15) is 19.8 Å². The zero-order chi connectivity index (χ0) is 42.4. The minimum Gasteiger partial charge on any atom is -0.756 e. The number of likely N-dealkylation sites (N-methyl/N-ethyl adjacent to an activating group) is 1. The first-order valence-corrected chi connectivity index (χ1v) is 23.8. The third kappa shape index (κ3) is 29.3. The van der Waals surface area contributed by atoms with E-state index in [-0.39, 0.29) is 44.3 Å². The third-order valence-electron chi connectivity index (χ3n) is 10.6. The maximum Gasteiger partial charge on any atom is 0.310 e. The molecule has 1 rings (SSSR count). The molecule has 13 heteroatoms. The van der Waals surface area contributed by atoms with Gasteiger partial charge >= 0.3 is 11.9 Å². The van der Waals surface area contributed by atoms with Crippen LogP contribution in [-0.2, 0) is 32.7 Å². The molecule has 7 atom stereocenters. The predicted molar refractivity (Wildman–Crippen MR) is 224 cm³/mol. The summed E-state index contributed by atoms with van der Waals surface area (Å²) in [6, 6.07) is 0. The second kappa shape index (κ2) is 32.2. The van der Waals surface area contributed by atoms with Crippen molar-refractivity contribution in [2.75, 3.05) is 47.5 Å². The van der Waals surface area contributed by atoms with E-state index < -0.39 is 50.8 Å². The number of hydrogen-bond donors (Lipinski definition) is 3. The number of quaternary nitrogens is 1. The highest BCUT2D eigenvalue weighted by Gasteiger charge is 2.39. The summed E-state index contributed by atoms with van der Waals surface area (Å²) in [5, 5.41) is 31.4. The number of aliphatic hydroxyl groups is 3. The molecule has 1 aliphatic carbocycles. The topological polar surface area (TPSA) is 172 Å². The number of esters is 2. The van der Waals surface area contributed by atoms with Crippen LogP contribution in [0.3, 0.4) is 0 Å². The SMILES string of the molecule is CCCCCCCCCCCCCCCCCC(=O)OC[C@H](COP(=O)([O-])OCC[N+](C)(C)C)OC(=O)C/C=C\C[C@H]1[C@@H](/C=C/[C@H](O)CCCCC)[C@H](O)C[C@@H]1O. The van der Waals surface area contributed by atoms with E-state index in [0.29, 0.717) is 30.3 Å². The quantitative estimate of drug-likeness (QED) is 0.0183. The van der Waals surface area contributed by atoms with E-state index in [9.17, 15) is 34.4 Å². The zero-order valence-electron chi connectivity index (χ0n) is 36.4. The molecule has 0 amide bonds. The van der Waals surface area contributed by atoms with Gasteiger partial charge in [-0.2, -0.15) is 0 Å². The van der Waals surface area contributed by atoms with Gasteiger partial charge < -0.3 is 43.2 Å². The van der Waals surface area contributed by atoms with E-state index in [2.05, 4.69) is 13.8 Å². The van der Waals surface area contributed by atoms with Crippen molar-refractivity contribution in [3.05, 3.63) is 24.3 Å². The molecule has 0 saturated heterocycles. The third-order valence-corrected chi connectivity index (χ3v) is 11.5. The lowest BCUT2D eigenvalue weighted by atomic mass is 9.89. The monoisotopic (exact) mass is 832 g/mol. The first-order chi connectivity index (χ1) is 27.2. The van der Waals surface area contributed by atoms with Crippen molar-refractivity contribution in [3.63, 3.8) is 0 Å². The minimum atomic E-state index is -4.72. The number of allylic oxidation sites excluding steroid dienone is 1. The van der Waals surface area contributed by atoms with Gasteiger partial charge in [-0.05, 0) is 25.2 Å². The smallest absolute Gasteiger partial charge is 0.310 e. The van der Waals surface area contributed by atoms with Gasteiger partial charge in [-0.15, -0.1) is 0 Å². The molecule has 0 bridgehead atoms. The number of carbonyl (C=O) groups is 2. The van der Waals surface area contributed by atoms with Crippen LogP contribution in [0.1, 0.15) is 162 Å². The van der Waals surface area contributed by atoms with Gasteiger partial charge in [0, 0.05) is 18.8 Å². The summed E-state index contributed by atoms with van der Waals surface area (Å²) in [6.07, 6.45) is 26.2. The van der Waals surface area contributed by atoms with Crippen LogP contribution in [0.4, 0.5) is 0 Å². The van der Waals surface area contributed by atoms with Crippen molar-refractivity contribution in [3.8, 4) is 0 Å². The predicted octanol–water partition coefficient (Wildman–Crippen LogP) is 8.10. The summed E-state index contributed by atoms with van der Waals surface area (Å²) in [6.45, 7) is 3.75. The van der Waals surface area contributed by atoms with Gasteiger partial charge in [0.25, 0.3) is 7.82 Å². The average molecular weight is 832 g/mol. The van der Waals surface area contributed by atoms with Gasteiger partial charge in [0.05, 0.1) is 52.5 Å². The zero-order valence-corrected chi connectivity index (χ0v) is 37.3. The Labute approximate surface area is 346 Å². The minimum absolute atomic E-state index is 0.0866. The molecular formula is C44H82NO11P. The number of phosphoric ester groups is 1. The van der Waals surface area contributed by atoms with Crippen molar-refractivity contribution in [2.24, 2.45) is 11.8 Å². The molecule has 1 fully saturated rings. The van der Waals surface area contributed by atoms with E-state index in [1.54, 1.807) is 24.3 Å². The number of hydrogen-bond acceptors (Lipinski definition) is 11. The summed E-state index contributed by atoms with van der Waals surface area (Å²) >= 11 is 0. The van der Waals surface area contributed by atoms with E-state index in [1.165, 1.54) is 70.6 Å². The molecule has 0 aromatic rings. The molecule has 12 nitrogen and oxygen atoms in total. The van der Waals surface area contributed by atoms with Crippen LogP contribution in [-0.4, -0.2) is 104 Å². The molecule has 1 aliphatic rings. The molecule has 0 spiro atoms. The highest BCUT2D eigenvalue weighted by Crippen LogP contribution is 2.38. The summed E-state index contributed by atoms with van der Waals surface area (Å²) in [5.41, 5.74) is 0. The Bertz CT molecular complexity index is 1140. The number of unbranched alkanes of at least 4 members (excludes halogenated alkanes) is 16. The molecule has 0 heterocycles. The van der Waals surface area contributed by atoms with Crippen LogP contribution >= 0.6 is 7.82 Å². The van der Waals surface area contributed by atoms with Crippen LogP contribution in [0, 0.1) is 11.8 Å².